The van der Waals surface area contributed by atoms with Gasteiger partial charge in [-0.25, -0.2) is 4.98 Å². The fourth-order valence-electron chi connectivity index (χ4n) is 2.67. The van der Waals surface area contributed by atoms with Crippen molar-refractivity contribution < 1.29 is 9.47 Å². The number of thiazole rings is 1. The van der Waals surface area contributed by atoms with Gasteiger partial charge in [-0.2, -0.15) is 0 Å². The summed E-state index contributed by atoms with van der Waals surface area (Å²) < 4.78 is 11.4. The fourth-order valence-corrected chi connectivity index (χ4v) is 3.54. The number of guanidine groups is 1. The number of halogens is 1. The summed E-state index contributed by atoms with van der Waals surface area (Å²) >= 11 is 1.73. The molecule has 8 heteroatoms. The molecule has 6 nitrogen and oxygen atoms in total. The number of anilines is 1. The number of benzene rings is 1. The van der Waals surface area contributed by atoms with E-state index < -0.39 is 0 Å². The quantitative estimate of drug-likeness (QED) is 0.332. The monoisotopic (exact) mass is 516 g/mol. The highest BCUT2D eigenvalue weighted by atomic mass is 127. The fraction of sp³-hybridized carbons (Fsp3) is 0.500. The SMILES string of the molecule is CCNC(=NCCc1csc(C(C)C)n1)Nc1ccc2c(c1)OCCCO2.I. The Balaban J connectivity index is 0.00000280. The lowest BCUT2D eigenvalue weighted by atomic mass is 10.2. The molecule has 2 aromatic rings. The Hall–Kier alpha value is -1.55. The van der Waals surface area contributed by atoms with E-state index in [1.807, 2.05) is 18.2 Å². The molecular weight excluding hydrogens is 487 g/mol. The summed E-state index contributed by atoms with van der Waals surface area (Å²) in [5.74, 6) is 2.80. The summed E-state index contributed by atoms with van der Waals surface area (Å²) in [6.45, 7) is 9.24. The molecular formula is C20H29IN4O2S. The second-order valence-electron chi connectivity index (χ2n) is 6.68. The van der Waals surface area contributed by atoms with Gasteiger partial charge in [0.1, 0.15) is 0 Å². The third-order valence-corrected chi connectivity index (χ3v) is 5.25. The lowest BCUT2D eigenvalue weighted by Crippen LogP contribution is -2.30. The lowest BCUT2D eigenvalue weighted by Gasteiger charge is -2.13. The van der Waals surface area contributed by atoms with Gasteiger partial charge in [0.15, 0.2) is 17.5 Å². The molecule has 1 aromatic carbocycles. The van der Waals surface area contributed by atoms with Gasteiger partial charge in [0, 0.05) is 49.0 Å². The van der Waals surface area contributed by atoms with E-state index in [0.29, 0.717) is 25.7 Å². The van der Waals surface area contributed by atoms with Crippen molar-refractivity contribution in [3.63, 3.8) is 0 Å². The van der Waals surface area contributed by atoms with Gasteiger partial charge in [-0.15, -0.1) is 35.3 Å². The van der Waals surface area contributed by atoms with Crippen LogP contribution in [-0.2, 0) is 6.42 Å². The normalized spacial score (nSPS) is 13.6. The van der Waals surface area contributed by atoms with Gasteiger partial charge in [0.2, 0.25) is 0 Å². The number of hydrogen-bond acceptors (Lipinski definition) is 5. The van der Waals surface area contributed by atoms with Gasteiger partial charge in [-0.05, 0) is 19.1 Å². The Morgan fingerprint density at radius 1 is 1.25 bits per heavy atom. The van der Waals surface area contributed by atoms with Crippen LogP contribution in [0.25, 0.3) is 0 Å². The first-order valence-electron chi connectivity index (χ1n) is 9.55. The Morgan fingerprint density at radius 3 is 2.75 bits per heavy atom. The van der Waals surface area contributed by atoms with E-state index in [0.717, 1.165) is 48.2 Å². The molecule has 1 aliphatic rings. The van der Waals surface area contributed by atoms with Crippen LogP contribution in [0.4, 0.5) is 5.69 Å². The zero-order chi connectivity index (χ0) is 19.1. The molecule has 154 valence electrons. The number of ether oxygens (including phenoxy) is 2. The van der Waals surface area contributed by atoms with E-state index in [1.165, 1.54) is 5.01 Å². The maximum absolute atomic E-state index is 5.76. The molecule has 0 spiro atoms. The standard InChI is InChI=1S/C20H28N4O2S.HI/c1-4-21-20(22-9-8-16-13-27-19(23-16)14(2)3)24-15-6-7-17-18(12-15)26-11-5-10-25-17;/h6-7,12-14H,4-5,8-11H2,1-3H3,(H2,21,22,24);1H. The summed E-state index contributed by atoms with van der Waals surface area (Å²) in [6, 6.07) is 5.88. The van der Waals surface area contributed by atoms with Crippen LogP contribution in [0.2, 0.25) is 0 Å². The van der Waals surface area contributed by atoms with Crippen LogP contribution in [0, 0.1) is 0 Å². The van der Waals surface area contributed by atoms with Gasteiger partial charge < -0.3 is 20.1 Å². The summed E-state index contributed by atoms with van der Waals surface area (Å²) in [5, 5.41) is 9.95. The highest BCUT2D eigenvalue weighted by Gasteiger charge is 2.11. The number of rotatable bonds is 6. The van der Waals surface area contributed by atoms with Crippen LogP contribution in [0.15, 0.2) is 28.6 Å². The van der Waals surface area contributed by atoms with Gasteiger partial charge in [-0.1, -0.05) is 13.8 Å². The van der Waals surface area contributed by atoms with Crippen LogP contribution in [0.1, 0.15) is 43.8 Å². The lowest BCUT2D eigenvalue weighted by molar-refractivity contribution is 0.297. The van der Waals surface area contributed by atoms with Crippen molar-refractivity contribution >= 4 is 47.0 Å². The smallest absolute Gasteiger partial charge is 0.195 e. The molecule has 28 heavy (non-hydrogen) atoms. The molecule has 0 bridgehead atoms. The first kappa shape index (κ1) is 22.7. The van der Waals surface area contributed by atoms with Crippen molar-refractivity contribution in [3.05, 3.63) is 34.3 Å². The molecule has 0 unspecified atom stereocenters. The molecule has 0 amide bonds. The Bertz CT molecular complexity index is 779. The molecule has 1 aliphatic heterocycles. The van der Waals surface area contributed by atoms with Crippen molar-refractivity contribution in [2.45, 2.75) is 39.5 Å². The molecule has 2 heterocycles. The van der Waals surface area contributed by atoms with E-state index in [2.05, 4.69) is 46.8 Å². The zero-order valence-corrected chi connectivity index (χ0v) is 19.8. The molecule has 2 N–H and O–H groups in total. The van der Waals surface area contributed by atoms with Crippen molar-refractivity contribution in [3.8, 4) is 11.5 Å². The summed E-state index contributed by atoms with van der Waals surface area (Å²) in [6.07, 6.45) is 1.73. The number of nitrogens with zero attached hydrogens (tertiary/aromatic N) is 2. The summed E-state index contributed by atoms with van der Waals surface area (Å²) in [4.78, 5) is 9.35. The highest BCUT2D eigenvalue weighted by Crippen LogP contribution is 2.32. The van der Waals surface area contributed by atoms with Crippen molar-refractivity contribution in [1.82, 2.24) is 10.3 Å². The molecule has 0 saturated heterocycles. The molecule has 3 rings (SSSR count). The summed E-state index contributed by atoms with van der Waals surface area (Å²) in [5.41, 5.74) is 2.04. The van der Waals surface area contributed by atoms with Crippen molar-refractivity contribution in [2.24, 2.45) is 4.99 Å². The largest absolute Gasteiger partial charge is 0.490 e. The molecule has 1 aromatic heterocycles. The second-order valence-corrected chi connectivity index (χ2v) is 7.57. The Morgan fingerprint density at radius 2 is 2.04 bits per heavy atom. The molecule has 0 atom stereocenters. The third-order valence-electron chi connectivity index (χ3n) is 4.06. The number of fused-ring (bicyclic) bond motifs is 1. The Labute approximate surface area is 188 Å². The van der Waals surface area contributed by atoms with Gasteiger partial charge in [0.25, 0.3) is 0 Å². The van der Waals surface area contributed by atoms with E-state index in [-0.39, 0.29) is 24.0 Å². The zero-order valence-electron chi connectivity index (χ0n) is 16.7. The first-order chi connectivity index (χ1) is 13.2. The third kappa shape index (κ3) is 6.51. The second kappa shape index (κ2) is 11.5. The minimum Gasteiger partial charge on any atom is -0.490 e. The topological polar surface area (TPSA) is 67.8 Å². The van der Waals surface area contributed by atoms with E-state index >= 15 is 0 Å². The van der Waals surface area contributed by atoms with Gasteiger partial charge >= 0.3 is 0 Å². The highest BCUT2D eigenvalue weighted by molar-refractivity contribution is 14.0. The number of nitrogens with one attached hydrogen (secondary N) is 2. The van der Waals surface area contributed by atoms with Gasteiger partial charge in [-0.3, -0.25) is 4.99 Å². The van der Waals surface area contributed by atoms with E-state index in [4.69, 9.17) is 9.47 Å². The van der Waals surface area contributed by atoms with Gasteiger partial charge in [0.05, 0.1) is 23.9 Å². The van der Waals surface area contributed by atoms with Crippen LogP contribution in [0.5, 0.6) is 11.5 Å². The van der Waals surface area contributed by atoms with Crippen molar-refractivity contribution in [1.29, 1.82) is 0 Å². The molecule has 0 fully saturated rings. The Kier molecular flexibility index (Phi) is 9.30. The minimum absolute atomic E-state index is 0. The van der Waals surface area contributed by atoms with Crippen molar-refractivity contribution in [2.75, 3.05) is 31.6 Å². The van der Waals surface area contributed by atoms with E-state index in [9.17, 15) is 0 Å². The predicted octanol–water partition coefficient (Wildman–Crippen LogP) is 4.67. The number of aromatic nitrogens is 1. The summed E-state index contributed by atoms with van der Waals surface area (Å²) in [7, 11) is 0. The first-order valence-corrected chi connectivity index (χ1v) is 10.4. The molecule has 0 radical (unpaired) electrons. The average Bonchev–Trinajstić information content (AvgIpc) is 3.00. The van der Waals surface area contributed by atoms with Crippen LogP contribution in [-0.4, -0.2) is 37.2 Å². The average molecular weight is 516 g/mol. The molecule has 0 aliphatic carbocycles. The predicted molar refractivity (Wildman–Crippen MR) is 127 cm³/mol. The maximum Gasteiger partial charge on any atom is 0.195 e. The van der Waals surface area contributed by atoms with Crippen LogP contribution in [0.3, 0.4) is 0 Å². The number of hydrogen-bond donors (Lipinski definition) is 2. The van der Waals surface area contributed by atoms with E-state index in [1.54, 1.807) is 11.3 Å². The van der Waals surface area contributed by atoms with Crippen LogP contribution >= 0.6 is 35.3 Å². The minimum atomic E-state index is 0. The maximum atomic E-state index is 5.76. The van der Waals surface area contributed by atoms with Crippen LogP contribution < -0.4 is 20.1 Å². The molecule has 0 saturated carbocycles. The number of aliphatic imine (C=N–C) groups is 1.